The number of rotatable bonds is 4. The summed E-state index contributed by atoms with van der Waals surface area (Å²) in [4.78, 5) is 0. The van der Waals surface area contributed by atoms with Crippen LogP contribution in [-0.2, 0) is 13.5 Å². The molecular formula is C13H17N3. The third-order valence-corrected chi connectivity index (χ3v) is 2.55. The number of aromatic nitrogens is 2. The lowest BCUT2D eigenvalue weighted by molar-refractivity contribution is 0.768. The Morgan fingerprint density at radius 2 is 1.94 bits per heavy atom. The van der Waals surface area contributed by atoms with E-state index < -0.39 is 0 Å². The van der Waals surface area contributed by atoms with Crippen LogP contribution in [0.4, 0.5) is 5.82 Å². The Morgan fingerprint density at radius 1 is 1.19 bits per heavy atom. The van der Waals surface area contributed by atoms with Crippen molar-refractivity contribution >= 4 is 5.82 Å². The highest BCUT2D eigenvalue weighted by Gasteiger charge is 1.96. The van der Waals surface area contributed by atoms with Crippen LogP contribution in [0.3, 0.4) is 0 Å². The maximum Gasteiger partial charge on any atom is 0.147 e. The molecule has 1 aromatic carbocycles. The van der Waals surface area contributed by atoms with Gasteiger partial charge in [-0.1, -0.05) is 29.8 Å². The molecule has 0 radical (unpaired) electrons. The van der Waals surface area contributed by atoms with E-state index >= 15 is 0 Å². The highest BCUT2D eigenvalue weighted by atomic mass is 15.3. The Labute approximate surface area is 96.1 Å². The minimum Gasteiger partial charge on any atom is -0.368 e. The number of hydrogen-bond acceptors (Lipinski definition) is 2. The van der Waals surface area contributed by atoms with Gasteiger partial charge in [-0.15, -0.1) is 0 Å². The van der Waals surface area contributed by atoms with Crippen LogP contribution in [-0.4, -0.2) is 16.3 Å². The maximum atomic E-state index is 4.26. The molecule has 3 heteroatoms. The highest BCUT2D eigenvalue weighted by molar-refractivity contribution is 5.32. The molecule has 16 heavy (non-hydrogen) atoms. The van der Waals surface area contributed by atoms with Gasteiger partial charge in [-0.2, -0.15) is 5.10 Å². The average Bonchev–Trinajstić information content (AvgIpc) is 2.67. The van der Waals surface area contributed by atoms with Gasteiger partial charge in [0.05, 0.1) is 0 Å². The summed E-state index contributed by atoms with van der Waals surface area (Å²) in [6.45, 7) is 3.02. The zero-order valence-corrected chi connectivity index (χ0v) is 9.77. The van der Waals surface area contributed by atoms with Crippen molar-refractivity contribution in [2.24, 2.45) is 7.05 Å². The topological polar surface area (TPSA) is 29.9 Å². The molecule has 0 aliphatic heterocycles. The quantitative estimate of drug-likeness (QED) is 0.848. The molecule has 3 nitrogen and oxygen atoms in total. The molecule has 0 saturated carbocycles. The maximum absolute atomic E-state index is 4.26. The van der Waals surface area contributed by atoms with Crippen molar-refractivity contribution in [3.8, 4) is 0 Å². The van der Waals surface area contributed by atoms with Gasteiger partial charge in [0.15, 0.2) is 0 Å². The van der Waals surface area contributed by atoms with Crippen LogP contribution < -0.4 is 5.32 Å². The number of nitrogens with zero attached hydrogens (tertiary/aromatic N) is 2. The molecule has 2 aromatic rings. The molecule has 0 amide bonds. The molecule has 1 heterocycles. The Bertz CT molecular complexity index is 442. The van der Waals surface area contributed by atoms with Gasteiger partial charge in [0.25, 0.3) is 0 Å². The standard InChI is InChI=1S/C13H17N3/c1-11-3-5-12(6-4-11)7-9-14-13-8-10-16(2)15-13/h3-6,8,10H,7,9H2,1-2H3,(H,14,15). The molecular weight excluding hydrogens is 198 g/mol. The fraction of sp³-hybridized carbons (Fsp3) is 0.308. The Hall–Kier alpha value is -1.77. The van der Waals surface area contributed by atoms with Crippen LogP contribution in [0.25, 0.3) is 0 Å². The average molecular weight is 215 g/mol. The summed E-state index contributed by atoms with van der Waals surface area (Å²) in [7, 11) is 1.92. The van der Waals surface area contributed by atoms with E-state index in [9.17, 15) is 0 Å². The van der Waals surface area contributed by atoms with Crippen molar-refractivity contribution in [1.29, 1.82) is 0 Å². The van der Waals surface area contributed by atoms with Crippen molar-refractivity contribution < 1.29 is 0 Å². The predicted molar refractivity (Wildman–Crippen MR) is 66.6 cm³/mol. The monoisotopic (exact) mass is 215 g/mol. The van der Waals surface area contributed by atoms with E-state index in [1.54, 1.807) is 4.68 Å². The minimum absolute atomic E-state index is 0.917. The van der Waals surface area contributed by atoms with Gasteiger partial charge in [0.2, 0.25) is 0 Å². The number of hydrogen-bond donors (Lipinski definition) is 1. The summed E-state index contributed by atoms with van der Waals surface area (Å²) in [6.07, 6.45) is 2.96. The van der Waals surface area contributed by atoms with Crippen molar-refractivity contribution in [2.75, 3.05) is 11.9 Å². The SMILES string of the molecule is Cc1ccc(CCNc2ccn(C)n2)cc1. The first-order chi connectivity index (χ1) is 7.74. The lowest BCUT2D eigenvalue weighted by atomic mass is 10.1. The molecule has 0 spiro atoms. The third kappa shape index (κ3) is 2.86. The van der Waals surface area contributed by atoms with E-state index in [4.69, 9.17) is 0 Å². The molecule has 0 aliphatic carbocycles. The molecule has 0 saturated heterocycles. The molecule has 0 unspecified atom stereocenters. The van der Waals surface area contributed by atoms with Gasteiger partial charge >= 0.3 is 0 Å². The summed E-state index contributed by atoms with van der Waals surface area (Å²) >= 11 is 0. The smallest absolute Gasteiger partial charge is 0.147 e. The first-order valence-electron chi connectivity index (χ1n) is 5.53. The van der Waals surface area contributed by atoms with E-state index in [1.165, 1.54) is 11.1 Å². The van der Waals surface area contributed by atoms with Crippen LogP contribution in [0, 0.1) is 6.92 Å². The molecule has 2 rings (SSSR count). The van der Waals surface area contributed by atoms with E-state index in [1.807, 2.05) is 19.3 Å². The van der Waals surface area contributed by atoms with Gasteiger partial charge < -0.3 is 5.32 Å². The highest BCUT2D eigenvalue weighted by Crippen LogP contribution is 2.05. The van der Waals surface area contributed by atoms with E-state index in [0.29, 0.717) is 0 Å². The van der Waals surface area contributed by atoms with Gasteiger partial charge in [-0.25, -0.2) is 0 Å². The van der Waals surface area contributed by atoms with Gasteiger partial charge in [0.1, 0.15) is 5.82 Å². The van der Waals surface area contributed by atoms with Crippen LogP contribution in [0.15, 0.2) is 36.5 Å². The molecule has 0 aliphatic rings. The first-order valence-corrected chi connectivity index (χ1v) is 5.53. The van der Waals surface area contributed by atoms with Gasteiger partial charge in [0, 0.05) is 25.9 Å². The van der Waals surface area contributed by atoms with E-state index in [2.05, 4.69) is 41.6 Å². The van der Waals surface area contributed by atoms with Crippen molar-refractivity contribution in [3.05, 3.63) is 47.7 Å². The van der Waals surface area contributed by atoms with Crippen molar-refractivity contribution in [1.82, 2.24) is 9.78 Å². The molecule has 1 N–H and O–H groups in total. The van der Waals surface area contributed by atoms with E-state index in [0.717, 1.165) is 18.8 Å². The van der Waals surface area contributed by atoms with Crippen molar-refractivity contribution in [2.45, 2.75) is 13.3 Å². The zero-order chi connectivity index (χ0) is 11.4. The molecule has 1 aromatic heterocycles. The second-order valence-corrected chi connectivity index (χ2v) is 4.04. The normalized spacial score (nSPS) is 10.4. The third-order valence-electron chi connectivity index (χ3n) is 2.55. The molecule has 0 atom stereocenters. The summed E-state index contributed by atoms with van der Waals surface area (Å²) in [6, 6.07) is 10.6. The largest absolute Gasteiger partial charge is 0.368 e. The summed E-state index contributed by atoms with van der Waals surface area (Å²) < 4.78 is 1.80. The fourth-order valence-electron chi connectivity index (χ4n) is 1.60. The lowest BCUT2D eigenvalue weighted by Gasteiger charge is -2.03. The lowest BCUT2D eigenvalue weighted by Crippen LogP contribution is -2.05. The molecule has 84 valence electrons. The second kappa shape index (κ2) is 4.84. The second-order valence-electron chi connectivity index (χ2n) is 4.04. The number of nitrogens with one attached hydrogen (secondary N) is 1. The van der Waals surface area contributed by atoms with Crippen molar-refractivity contribution in [3.63, 3.8) is 0 Å². The number of aryl methyl sites for hydroxylation is 2. The zero-order valence-electron chi connectivity index (χ0n) is 9.77. The van der Waals surface area contributed by atoms with Crippen LogP contribution in [0.1, 0.15) is 11.1 Å². The van der Waals surface area contributed by atoms with Crippen LogP contribution >= 0.6 is 0 Å². The van der Waals surface area contributed by atoms with E-state index in [-0.39, 0.29) is 0 Å². The van der Waals surface area contributed by atoms with Gasteiger partial charge in [-0.05, 0) is 18.9 Å². The van der Waals surface area contributed by atoms with Gasteiger partial charge in [-0.3, -0.25) is 4.68 Å². The predicted octanol–water partition coefficient (Wildman–Crippen LogP) is 2.38. The number of benzene rings is 1. The summed E-state index contributed by atoms with van der Waals surface area (Å²) in [5.74, 6) is 0.939. The summed E-state index contributed by atoms with van der Waals surface area (Å²) in [5, 5.41) is 7.56. The van der Waals surface area contributed by atoms with Crippen LogP contribution in [0.2, 0.25) is 0 Å². The van der Waals surface area contributed by atoms with Crippen LogP contribution in [0.5, 0.6) is 0 Å². The molecule has 0 fully saturated rings. The Balaban J connectivity index is 1.82. The summed E-state index contributed by atoms with van der Waals surface area (Å²) in [5.41, 5.74) is 2.66. The molecule has 0 bridgehead atoms. The number of anilines is 1. The Morgan fingerprint density at radius 3 is 2.56 bits per heavy atom. The first kappa shape index (κ1) is 10.7. The minimum atomic E-state index is 0.917. The Kier molecular flexibility index (Phi) is 3.25. The fourth-order valence-corrected chi connectivity index (χ4v) is 1.60.